The molecule has 0 bridgehead atoms. The zero-order chi connectivity index (χ0) is 16.3. The van der Waals surface area contributed by atoms with Crippen LogP contribution in [-0.2, 0) is 4.79 Å². The van der Waals surface area contributed by atoms with Crippen LogP contribution in [0.3, 0.4) is 0 Å². The van der Waals surface area contributed by atoms with Crippen molar-refractivity contribution < 1.29 is 9.53 Å². The van der Waals surface area contributed by atoms with Crippen LogP contribution in [0.1, 0.15) is 32.3 Å². The molecule has 2 rings (SSSR count). The van der Waals surface area contributed by atoms with Crippen molar-refractivity contribution in [2.45, 2.75) is 45.8 Å². The van der Waals surface area contributed by atoms with Crippen molar-refractivity contribution in [2.75, 3.05) is 13.1 Å². The van der Waals surface area contributed by atoms with Crippen molar-refractivity contribution in [2.24, 2.45) is 11.7 Å². The fraction of sp³-hybridized carbons (Fsp3) is 0.588. The molecule has 1 amide bonds. The molecule has 4 nitrogen and oxygen atoms in total. The van der Waals surface area contributed by atoms with Crippen LogP contribution >= 0.6 is 24.0 Å². The molecule has 0 aromatic heterocycles. The number of benzene rings is 1. The number of nitrogens with two attached hydrogens (primary N) is 1. The van der Waals surface area contributed by atoms with E-state index >= 15 is 0 Å². The number of hydrogen-bond acceptors (Lipinski definition) is 3. The van der Waals surface area contributed by atoms with Crippen molar-refractivity contribution in [1.29, 1.82) is 0 Å². The molecule has 0 spiro atoms. The highest BCUT2D eigenvalue weighted by molar-refractivity contribution is 6.31. The molecule has 1 aliphatic heterocycles. The molecule has 0 radical (unpaired) electrons. The lowest BCUT2D eigenvalue weighted by Gasteiger charge is -2.35. The summed E-state index contributed by atoms with van der Waals surface area (Å²) in [4.78, 5) is 14.4. The van der Waals surface area contributed by atoms with Crippen LogP contribution in [0.4, 0.5) is 0 Å². The van der Waals surface area contributed by atoms with Crippen molar-refractivity contribution in [3.63, 3.8) is 0 Å². The Balaban J connectivity index is 0.00000264. The second-order valence-corrected chi connectivity index (χ2v) is 6.62. The minimum absolute atomic E-state index is 0. The van der Waals surface area contributed by atoms with Crippen LogP contribution in [0, 0.1) is 12.8 Å². The number of hydrogen-bond donors (Lipinski definition) is 1. The number of rotatable bonds is 4. The van der Waals surface area contributed by atoms with E-state index in [-0.39, 0.29) is 24.4 Å². The van der Waals surface area contributed by atoms with E-state index in [9.17, 15) is 4.79 Å². The quantitative estimate of drug-likeness (QED) is 0.894. The van der Waals surface area contributed by atoms with Crippen molar-refractivity contribution >= 4 is 29.9 Å². The Morgan fingerprint density at radius 3 is 2.74 bits per heavy atom. The Kier molecular flexibility index (Phi) is 7.65. The highest BCUT2D eigenvalue weighted by atomic mass is 35.5. The van der Waals surface area contributed by atoms with Crippen LogP contribution in [0.2, 0.25) is 5.02 Å². The maximum atomic E-state index is 12.6. The van der Waals surface area contributed by atoms with Gasteiger partial charge in [0.2, 0.25) is 0 Å². The molecule has 1 saturated heterocycles. The molecular formula is C17H26Cl2N2O2. The predicted molar refractivity (Wildman–Crippen MR) is 96.5 cm³/mol. The zero-order valence-corrected chi connectivity index (χ0v) is 15.5. The summed E-state index contributed by atoms with van der Waals surface area (Å²) in [6.45, 7) is 7.23. The number of nitrogens with zero attached hydrogens (tertiary/aromatic N) is 1. The number of amides is 1. The van der Waals surface area contributed by atoms with Gasteiger partial charge in [-0.2, -0.15) is 0 Å². The second-order valence-electron chi connectivity index (χ2n) is 6.22. The Morgan fingerprint density at radius 1 is 1.43 bits per heavy atom. The van der Waals surface area contributed by atoms with Crippen molar-refractivity contribution in [1.82, 2.24) is 4.90 Å². The number of piperidine rings is 1. The lowest BCUT2D eigenvalue weighted by atomic mass is 9.92. The number of aryl methyl sites for hydroxylation is 1. The summed E-state index contributed by atoms with van der Waals surface area (Å²) >= 11 is 6.00. The number of carbonyl (C=O) groups is 1. The first-order chi connectivity index (χ1) is 10.4. The highest BCUT2D eigenvalue weighted by Crippen LogP contribution is 2.23. The summed E-state index contributed by atoms with van der Waals surface area (Å²) in [7, 11) is 0. The van der Waals surface area contributed by atoms with Gasteiger partial charge in [-0.3, -0.25) is 4.79 Å². The molecule has 1 aromatic carbocycles. The van der Waals surface area contributed by atoms with Crippen molar-refractivity contribution in [3.8, 4) is 5.75 Å². The third-order valence-electron chi connectivity index (χ3n) is 4.30. The van der Waals surface area contributed by atoms with E-state index in [1.165, 1.54) is 0 Å². The maximum Gasteiger partial charge on any atom is 0.263 e. The smallest absolute Gasteiger partial charge is 0.263 e. The summed E-state index contributed by atoms with van der Waals surface area (Å²) in [5.41, 5.74) is 6.92. The molecule has 130 valence electrons. The summed E-state index contributed by atoms with van der Waals surface area (Å²) in [6.07, 6.45) is 1.59. The molecule has 6 heteroatoms. The van der Waals surface area contributed by atoms with E-state index in [1.807, 2.05) is 24.8 Å². The predicted octanol–water partition coefficient (Wildman–Crippen LogP) is 3.42. The molecule has 23 heavy (non-hydrogen) atoms. The average molecular weight is 361 g/mol. The molecule has 1 aliphatic rings. The summed E-state index contributed by atoms with van der Waals surface area (Å²) in [5, 5.41) is 0.696. The Morgan fingerprint density at radius 2 is 2.13 bits per heavy atom. The highest BCUT2D eigenvalue weighted by Gasteiger charge is 2.29. The van der Waals surface area contributed by atoms with Crippen LogP contribution in [0.15, 0.2) is 18.2 Å². The molecular weight excluding hydrogens is 335 g/mol. The van der Waals surface area contributed by atoms with Crippen molar-refractivity contribution in [3.05, 3.63) is 28.8 Å². The van der Waals surface area contributed by atoms with Gasteiger partial charge in [-0.1, -0.05) is 11.6 Å². The van der Waals surface area contributed by atoms with Gasteiger partial charge >= 0.3 is 0 Å². The second kappa shape index (κ2) is 8.76. The lowest BCUT2D eigenvalue weighted by Crippen LogP contribution is -2.48. The Hall–Kier alpha value is -0.970. The number of halogens is 2. The Labute approximate surface area is 149 Å². The topological polar surface area (TPSA) is 55.6 Å². The maximum absolute atomic E-state index is 12.6. The normalized spacial score (nSPS) is 20.4. The average Bonchev–Trinajstić information content (AvgIpc) is 2.50. The van der Waals surface area contributed by atoms with E-state index in [0.717, 1.165) is 31.5 Å². The van der Waals surface area contributed by atoms with E-state index < -0.39 is 6.10 Å². The first-order valence-electron chi connectivity index (χ1n) is 7.85. The van der Waals surface area contributed by atoms with Gasteiger partial charge in [0.15, 0.2) is 6.10 Å². The minimum atomic E-state index is -0.507. The van der Waals surface area contributed by atoms with Gasteiger partial charge in [0.05, 0.1) is 0 Å². The van der Waals surface area contributed by atoms with Crippen LogP contribution in [0.25, 0.3) is 0 Å². The third kappa shape index (κ3) is 5.27. The van der Waals surface area contributed by atoms with Crippen LogP contribution in [-0.4, -0.2) is 36.0 Å². The monoisotopic (exact) mass is 360 g/mol. The molecule has 3 unspecified atom stereocenters. The van der Waals surface area contributed by atoms with Gasteiger partial charge in [-0.05, 0) is 63.3 Å². The first kappa shape index (κ1) is 20.1. The zero-order valence-electron chi connectivity index (χ0n) is 13.9. The summed E-state index contributed by atoms with van der Waals surface area (Å²) < 4.78 is 5.78. The van der Waals surface area contributed by atoms with Gasteiger partial charge in [0, 0.05) is 24.2 Å². The molecule has 1 aromatic rings. The lowest BCUT2D eigenvalue weighted by molar-refractivity contribution is -0.139. The van der Waals surface area contributed by atoms with E-state index in [1.54, 1.807) is 19.1 Å². The van der Waals surface area contributed by atoms with E-state index in [2.05, 4.69) is 0 Å². The molecule has 0 saturated carbocycles. The number of ether oxygens (including phenoxy) is 1. The first-order valence-corrected chi connectivity index (χ1v) is 8.23. The fourth-order valence-corrected chi connectivity index (χ4v) is 2.96. The van der Waals surface area contributed by atoms with E-state index in [4.69, 9.17) is 22.1 Å². The standard InChI is InChI=1S/C17H25ClN2O2.ClH/c1-11-9-15(6-7-16(11)18)22-13(3)17(21)20-8-4-5-14(10-20)12(2)19;/h6-7,9,12-14H,4-5,8,10,19H2,1-3H3;1H. The van der Waals surface area contributed by atoms with E-state index in [0.29, 0.717) is 16.7 Å². The largest absolute Gasteiger partial charge is 0.481 e. The Bertz CT molecular complexity index is 537. The van der Waals surface area contributed by atoms with Gasteiger partial charge in [-0.25, -0.2) is 0 Å². The fourth-order valence-electron chi connectivity index (χ4n) is 2.84. The van der Waals surface area contributed by atoms with Gasteiger partial charge in [0.25, 0.3) is 5.91 Å². The van der Waals surface area contributed by atoms with Gasteiger partial charge in [0.1, 0.15) is 5.75 Å². The molecule has 3 atom stereocenters. The number of likely N-dealkylation sites (tertiary alicyclic amines) is 1. The number of carbonyl (C=O) groups excluding carboxylic acids is 1. The molecule has 1 heterocycles. The van der Waals surface area contributed by atoms with Gasteiger partial charge in [-0.15, -0.1) is 12.4 Å². The minimum Gasteiger partial charge on any atom is -0.481 e. The summed E-state index contributed by atoms with van der Waals surface area (Å²) in [6, 6.07) is 5.55. The molecule has 2 N–H and O–H groups in total. The summed E-state index contributed by atoms with van der Waals surface area (Å²) in [5.74, 6) is 1.07. The van der Waals surface area contributed by atoms with Crippen LogP contribution in [0.5, 0.6) is 5.75 Å². The SMILES string of the molecule is Cc1cc(OC(C)C(=O)N2CCCC(C(C)N)C2)ccc1Cl.Cl. The molecule has 1 fully saturated rings. The molecule has 0 aliphatic carbocycles. The van der Waals surface area contributed by atoms with Crippen LogP contribution < -0.4 is 10.5 Å². The van der Waals surface area contributed by atoms with Gasteiger partial charge < -0.3 is 15.4 Å². The third-order valence-corrected chi connectivity index (χ3v) is 4.73.